The van der Waals surface area contributed by atoms with Crippen LogP contribution in [0, 0.1) is 5.41 Å². The molecule has 2 aliphatic heterocycles. The van der Waals surface area contributed by atoms with Crippen molar-refractivity contribution in [2.24, 2.45) is 5.41 Å². The van der Waals surface area contributed by atoms with Gasteiger partial charge in [0.05, 0.1) is 0 Å². The Bertz CT molecular complexity index is 382. The van der Waals surface area contributed by atoms with Gasteiger partial charge in [-0.2, -0.15) is 0 Å². The van der Waals surface area contributed by atoms with E-state index < -0.39 is 0 Å². The number of carbonyl (C=O) groups excluding carboxylic acids is 2. The average Bonchev–Trinajstić information content (AvgIpc) is 2.53. The lowest BCUT2D eigenvalue weighted by Gasteiger charge is -2.46. The van der Waals surface area contributed by atoms with Crippen LogP contribution in [-0.4, -0.2) is 61.5 Å². The van der Waals surface area contributed by atoms with Crippen LogP contribution in [0.5, 0.6) is 0 Å². The molecule has 0 unspecified atom stereocenters. The molecule has 6 nitrogen and oxygen atoms in total. The number of nitrogens with one attached hydrogen (secondary N) is 2. The topological polar surface area (TPSA) is 64.7 Å². The molecule has 0 aromatic heterocycles. The Morgan fingerprint density at radius 2 is 1.64 bits per heavy atom. The maximum atomic E-state index is 12.2. The Balaban J connectivity index is 1.68. The summed E-state index contributed by atoms with van der Waals surface area (Å²) in [4.78, 5) is 25.0. The number of likely N-dealkylation sites (tertiary alicyclic amines) is 1. The van der Waals surface area contributed by atoms with E-state index in [9.17, 15) is 9.59 Å². The third-order valence-corrected chi connectivity index (χ3v) is 5.26. The molecule has 0 aromatic rings. The molecule has 0 saturated carbocycles. The van der Waals surface area contributed by atoms with Crippen LogP contribution in [0.4, 0.5) is 0 Å². The monoisotopic (exact) mass is 310 g/mol. The smallest absolute Gasteiger partial charge is 0.222 e. The van der Waals surface area contributed by atoms with E-state index >= 15 is 0 Å². The Kier molecular flexibility index (Phi) is 6.20. The van der Waals surface area contributed by atoms with Gasteiger partial charge in [0.15, 0.2) is 0 Å². The fraction of sp³-hybridized carbons (Fsp3) is 0.875. The summed E-state index contributed by atoms with van der Waals surface area (Å²) in [5.74, 6) is 0.216. The summed E-state index contributed by atoms with van der Waals surface area (Å²) in [5.41, 5.74) is 3.69. The van der Waals surface area contributed by atoms with Gasteiger partial charge in [0.25, 0.3) is 0 Å². The van der Waals surface area contributed by atoms with E-state index in [0.29, 0.717) is 18.4 Å². The highest BCUT2D eigenvalue weighted by Gasteiger charge is 2.38. The molecule has 0 bridgehead atoms. The largest absolute Gasteiger partial charge is 0.356 e. The molecule has 2 N–H and O–H groups in total. The number of amides is 2. The fourth-order valence-corrected chi connectivity index (χ4v) is 3.60. The number of piperidine rings is 2. The third kappa shape index (κ3) is 4.68. The molecule has 22 heavy (non-hydrogen) atoms. The van der Waals surface area contributed by atoms with Gasteiger partial charge in [-0.05, 0) is 44.6 Å². The van der Waals surface area contributed by atoms with E-state index in [2.05, 4.69) is 15.8 Å². The quantitative estimate of drug-likeness (QED) is 0.735. The normalized spacial score (nSPS) is 21.8. The summed E-state index contributed by atoms with van der Waals surface area (Å²) in [6.07, 6.45) is 6.03. The Labute approximate surface area is 133 Å². The van der Waals surface area contributed by atoms with Crippen LogP contribution in [0.2, 0.25) is 0 Å². The molecule has 1 spiro atoms. The zero-order chi connectivity index (χ0) is 16.0. The molecule has 2 aliphatic rings. The number of rotatable bonds is 5. The molecule has 0 aliphatic carbocycles. The SMILES string of the molecule is CNN1CCC2(CC1)CCN(C(=O)CCCNC(C)=O)CC2. The number of nitrogens with zero attached hydrogens (tertiary/aromatic N) is 2. The van der Waals surface area contributed by atoms with Crippen LogP contribution >= 0.6 is 0 Å². The molecular formula is C16H30N4O2. The van der Waals surface area contributed by atoms with E-state index in [4.69, 9.17) is 0 Å². The Hall–Kier alpha value is -1.14. The van der Waals surface area contributed by atoms with E-state index in [1.165, 1.54) is 19.8 Å². The summed E-state index contributed by atoms with van der Waals surface area (Å²) < 4.78 is 0. The number of hydrogen-bond donors (Lipinski definition) is 2. The van der Waals surface area contributed by atoms with Gasteiger partial charge in [-0.3, -0.25) is 15.0 Å². The van der Waals surface area contributed by atoms with Crippen molar-refractivity contribution < 1.29 is 9.59 Å². The van der Waals surface area contributed by atoms with E-state index in [-0.39, 0.29) is 11.8 Å². The van der Waals surface area contributed by atoms with Gasteiger partial charge in [-0.1, -0.05) is 0 Å². The van der Waals surface area contributed by atoms with Crippen LogP contribution < -0.4 is 10.7 Å². The van der Waals surface area contributed by atoms with Crippen LogP contribution in [-0.2, 0) is 9.59 Å². The minimum Gasteiger partial charge on any atom is -0.356 e. The van der Waals surface area contributed by atoms with Gasteiger partial charge in [-0.25, -0.2) is 5.01 Å². The predicted molar refractivity (Wildman–Crippen MR) is 86.0 cm³/mol. The fourth-order valence-electron chi connectivity index (χ4n) is 3.60. The van der Waals surface area contributed by atoms with Crippen LogP contribution in [0.25, 0.3) is 0 Å². The summed E-state index contributed by atoms with van der Waals surface area (Å²) in [6.45, 7) is 6.13. The van der Waals surface area contributed by atoms with E-state index in [1.54, 1.807) is 0 Å². The van der Waals surface area contributed by atoms with Crippen molar-refractivity contribution in [1.82, 2.24) is 20.7 Å². The van der Waals surface area contributed by atoms with Crippen molar-refractivity contribution in [3.8, 4) is 0 Å². The Morgan fingerprint density at radius 1 is 1.05 bits per heavy atom. The highest BCUT2D eigenvalue weighted by atomic mass is 16.2. The molecule has 0 radical (unpaired) electrons. The summed E-state index contributed by atoms with van der Waals surface area (Å²) >= 11 is 0. The zero-order valence-electron chi connectivity index (χ0n) is 14.0. The standard InChI is InChI=1S/C16H30N4O2/c1-14(21)18-9-3-4-15(22)19-10-5-16(6-11-19)7-12-20(17-2)13-8-16/h17H,3-13H2,1-2H3,(H,18,21). The van der Waals surface area contributed by atoms with Crippen molar-refractivity contribution in [1.29, 1.82) is 0 Å². The van der Waals surface area contributed by atoms with Crippen LogP contribution in [0.3, 0.4) is 0 Å². The van der Waals surface area contributed by atoms with Crippen molar-refractivity contribution in [3.63, 3.8) is 0 Å². The van der Waals surface area contributed by atoms with Crippen LogP contribution in [0.15, 0.2) is 0 Å². The average molecular weight is 310 g/mol. The first-order chi connectivity index (χ1) is 10.5. The molecular weight excluding hydrogens is 280 g/mol. The second-order valence-corrected chi connectivity index (χ2v) is 6.68. The van der Waals surface area contributed by atoms with E-state index in [0.717, 1.165) is 45.4 Å². The molecule has 126 valence electrons. The zero-order valence-corrected chi connectivity index (χ0v) is 14.0. The summed E-state index contributed by atoms with van der Waals surface area (Å²) in [5, 5.41) is 5.02. The molecule has 2 heterocycles. The lowest BCUT2D eigenvalue weighted by molar-refractivity contribution is -0.134. The van der Waals surface area contributed by atoms with Crippen molar-refractivity contribution in [2.75, 3.05) is 39.8 Å². The second kappa shape index (κ2) is 7.92. The van der Waals surface area contributed by atoms with Gasteiger partial charge in [-0.15, -0.1) is 0 Å². The molecule has 0 aromatic carbocycles. The first-order valence-corrected chi connectivity index (χ1v) is 8.49. The molecule has 0 atom stereocenters. The number of hydrogen-bond acceptors (Lipinski definition) is 4. The maximum Gasteiger partial charge on any atom is 0.222 e. The Morgan fingerprint density at radius 3 is 2.18 bits per heavy atom. The maximum absolute atomic E-state index is 12.2. The molecule has 2 saturated heterocycles. The highest BCUT2D eigenvalue weighted by molar-refractivity contribution is 5.76. The lowest BCUT2D eigenvalue weighted by atomic mass is 9.71. The van der Waals surface area contributed by atoms with Crippen LogP contribution in [0.1, 0.15) is 45.4 Å². The third-order valence-electron chi connectivity index (χ3n) is 5.26. The predicted octanol–water partition coefficient (Wildman–Crippen LogP) is 0.742. The number of carbonyl (C=O) groups is 2. The van der Waals surface area contributed by atoms with Crippen molar-refractivity contribution >= 4 is 11.8 Å². The lowest BCUT2D eigenvalue weighted by Crippen LogP contribution is -2.50. The van der Waals surface area contributed by atoms with Crippen molar-refractivity contribution in [2.45, 2.75) is 45.4 Å². The molecule has 2 amide bonds. The number of hydrazine groups is 1. The molecule has 6 heteroatoms. The summed E-state index contributed by atoms with van der Waals surface area (Å²) in [7, 11) is 1.99. The van der Waals surface area contributed by atoms with E-state index in [1.807, 2.05) is 11.9 Å². The van der Waals surface area contributed by atoms with Gasteiger partial charge < -0.3 is 10.2 Å². The van der Waals surface area contributed by atoms with Gasteiger partial charge in [0.1, 0.15) is 0 Å². The highest BCUT2D eigenvalue weighted by Crippen LogP contribution is 2.40. The first kappa shape index (κ1) is 17.2. The van der Waals surface area contributed by atoms with Gasteiger partial charge in [0, 0.05) is 46.1 Å². The molecule has 2 rings (SSSR count). The van der Waals surface area contributed by atoms with Gasteiger partial charge in [0.2, 0.25) is 11.8 Å². The van der Waals surface area contributed by atoms with Crippen molar-refractivity contribution in [3.05, 3.63) is 0 Å². The minimum absolute atomic E-state index is 0.0275. The first-order valence-electron chi connectivity index (χ1n) is 8.49. The second-order valence-electron chi connectivity index (χ2n) is 6.68. The minimum atomic E-state index is -0.0275. The molecule has 2 fully saturated rings. The van der Waals surface area contributed by atoms with Gasteiger partial charge >= 0.3 is 0 Å². The summed E-state index contributed by atoms with van der Waals surface area (Å²) in [6, 6.07) is 0.